The third kappa shape index (κ3) is 5.22. The van der Waals surface area contributed by atoms with E-state index in [9.17, 15) is 13.2 Å². The number of pyridine rings is 1. The monoisotopic (exact) mass is 429 g/mol. The summed E-state index contributed by atoms with van der Waals surface area (Å²) < 4.78 is 34.5. The Hall–Kier alpha value is -1.76. The number of carboxylic acid groups (broad SMARTS) is 1. The van der Waals surface area contributed by atoms with E-state index in [2.05, 4.69) is 37.7 Å². The van der Waals surface area contributed by atoms with Crippen molar-refractivity contribution in [2.75, 3.05) is 0 Å². The molecule has 0 aliphatic heterocycles. The number of hydrogen-bond acceptors (Lipinski definition) is 5. The van der Waals surface area contributed by atoms with Crippen LogP contribution in [0.3, 0.4) is 0 Å². The van der Waals surface area contributed by atoms with Gasteiger partial charge in [-0.25, -0.2) is 14.8 Å². The van der Waals surface area contributed by atoms with E-state index in [1.54, 1.807) is 10.9 Å². The first-order valence-corrected chi connectivity index (χ1v) is 6.78. The zero-order chi connectivity index (χ0) is 16.9. The smallest absolute Gasteiger partial charge is 0.475 e. The van der Waals surface area contributed by atoms with E-state index in [0.717, 1.165) is 9.39 Å². The predicted octanol–water partition coefficient (Wildman–Crippen LogP) is 1.92. The number of carboxylic acids is 1. The minimum Gasteiger partial charge on any atom is -0.475 e. The summed E-state index contributed by atoms with van der Waals surface area (Å²) in [5.74, 6) is -1.31. The number of rotatable bonds is 2. The highest BCUT2D eigenvalue weighted by Crippen LogP contribution is 2.13. The van der Waals surface area contributed by atoms with E-state index in [-0.39, 0.29) is 6.04 Å². The third-order valence-corrected chi connectivity index (χ3v) is 2.79. The van der Waals surface area contributed by atoms with Gasteiger partial charge < -0.3 is 10.8 Å². The van der Waals surface area contributed by atoms with Crippen LogP contribution in [0.5, 0.6) is 0 Å². The third-order valence-electron chi connectivity index (χ3n) is 2.15. The van der Waals surface area contributed by atoms with E-state index in [0.29, 0.717) is 5.82 Å². The Kier molecular flexibility index (Phi) is 6.22. The number of nitrogens with zero attached hydrogens (tertiary/aromatic N) is 4. The number of aromatic nitrogens is 4. The van der Waals surface area contributed by atoms with E-state index in [1.165, 1.54) is 6.33 Å². The summed E-state index contributed by atoms with van der Waals surface area (Å²) >= 11 is 2.20. The molecule has 1 atom stereocenters. The molecule has 0 saturated heterocycles. The van der Waals surface area contributed by atoms with Gasteiger partial charge in [-0.1, -0.05) is 0 Å². The molecule has 11 heteroatoms. The van der Waals surface area contributed by atoms with E-state index < -0.39 is 12.1 Å². The summed E-state index contributed by atoms with van der Waals surface area (Å²) in [6.45, 7) is 1.87. The highest BCUT2D eigenvalue weighted by Gasteiger charge is 2.38. The van der Waals surface area contributed by atoms with Crippen molar-refractivity contribution in [3.05, 3.63) is 34.1 Å². The van der Waals surface area contributed by atoms with E-state index in [1.807, 2.05) is 19.1 Å². The van der Waals surface area contributed by atoms with Crippen LogP contribution >= 0.6 is 22.6 Å². The summed E-state index contributed by atoms with van der Waals surface area (Å²) in [5, 5.41) is 11.2. The molecule has 0 unspecified atom stereocenters. The Labute approximate surface area is 136 Å². The van der Waals surface area contributed by atoms with Crippen molar-refractivity contribution < 1.29 is 23.1 Å². The van der Waals surface area contributed by atoms with Crippen LogP contribution in [0.25, 0.3) is 5.82 Å². The van der Waals surface area contributed by atoms with Gasteiger partial charge in [0.2, 0.25) is 0 Å². The maximum absolute atomic E-state index is 10.6. The fourth-order valence-electron chi connectivity index (χ4n) is 1.23. The van der Waals surface area contributed by atoms with Crippen molar-refractivity contribution in [3.63, 3.8) is 0 Å². The maximum atomic E-state index is 10.6. The van der Waals surface area contributed by atoms with Crippen molar-refractivity contribution >= 4 is 28.6 Å². The second-order valence-electron chi connectivity index (χ2n) is 3.96. The van der Waals surface area contributed by atoms with Gasteiger partial charge in [0.05, 0.1) is 6.04 Å². The van der Waals surface area contributed by atoms with Gasteiger partial charge in [0, 0.05) is 9.77 Å². The average molecular weight is 429 g/mol. The fourth-order valence-corrected chi connectivity index (χ4v) is 1.55. The molecule has 22 heavy (non-hydrogen) atoms. The molecule has 0 radical (unpaired) electrons. The number of aliphatic carboxylic acids is 1. The normalized spacial score (nSPS) is 12.3. The van der Waals surface area contributed by atoms with Crippen LogP contribution in [-0.2, 0) is 4.79 Å². The molecule has 0 aliphatic carbocycles. The fraction of sp³-hybridized carbons (Fsp3) is 0.273. The Balaban J connectivity index is 0.000000295. The quantitative estimate of drug-likeness (QED) is 0.707. The highest BCUT2D eigenvalue weighted by molar-refractivity contribution is 14.1. The minimum absolute atomic E-state index is 0.159. The van der Waals surface area contributed by atoms with Gasteiger partial charge in [-0.15, -0.1) is 0 Å². The molecular weight excluding hydrogens is 418 g/mol. The molecule has 3 N–H and O–H groups in total. The largest absolute Gasteiger partial charge is 0.490 e. The molecule has 0 aromatic carbocycles. The first-order chi connectivity index (χ1) is 10.1. The molecule has 120 valence electrons. The lowest BCUT2D eigenvalue weighted by Crippen LogP contribution is -2.21. The lowest BCUT2D eigenvalue weighted by molar-refractivity contribution is -0.192. The van der Waals surface area contributed by atoms with E-state index in [4.69, 9.17) is 15.6 Å². The zero-order valence-corrected chi connectivity index (χ0v) is 13.3. The molecular formula is C11H11F3IN5O2. The number of carbonyl (C=O) groups is 1. The zero-order valence-electron chi connectivity index (χ0n) is 11.1. The summed E-state index contributed by atoms with van der Waals surface area (Å²) in [5.41, 5.74) is 5.77. The van der Waals surface area contributed by atoms with Gasteiger partial charge in [0.15, 0.2) is 11.6 Å². The van der Waals surface area contributed by atoms with Gasteiger partial charge in [0.1, 0.15) is 6.33 Å². The average Bonchev–Trinajstić information content (AvgIpc) is 2.88. The van der Waals surface area contributed by atoms with Crippen LogP contribution in [0.4, 0.5) is 13.2 Å². The second-order valence-corrected chi connectivity index (χ2v) is 5.20. The second kappa shape index (κ2) is 7.49. The van der Waals surface area contributed by atoms with Gasteiger partial charge in [-0.2, -0.15) is 23.0 Å². The molecule has 0 amide bonds. The SMILES string of the molecule is C[C@H](N)c1ncnn1-c1ccc(I)cn1.O=C(O)C(F)(F)F. The van der Waals surface area contributed by atoms with Crippen molar-refractivity contribution in [3.8, 4) is 5.82 Å². The van der Waals surface area contributed by atoms with Gasteiger partial charge in [-0.3, -0.25) is 0 Å². The van der Waals surface area contributed by atoms with Gasteiger partial charge in [-0.05, 0) is 41.6 Å². The van der Waals surface area contributed by atoms with E-state index >= 15 is 0 Å². The lowest BCUT2D eigenvalue weighted by Gasteiger charge is -2.07. The molecule has 2 rings (SSSR count). The summed E-state index contributed by atoms with van der Waals surface area (Å²) in [4.78, 5) is 17.3. The molecule has 0 fully saturated rings. The standard InChI is InChI=1S/C9H10IN5.C2HF3O2/c1-6(11)9-13-5-14-15(9)8-3-2-7(10)4-12-8;3-2(4,5)1(6)7/h2-6H,11H2,1H3;(H,6,7)/t6-;/m0./s1. The van der Waals surface area contributed by atoms with Crippen LogP contribution in [0.15, 0.2) is 24.7 Å². The molecule has 7 nitrogen and oxygen atoms in total. The summed E-state index contributed by atoms with van der Waals surface area (Å²) in [6.07, 6.45) is -1.82. The molecule has 0 aliphatic rings. The number of nitrogens with two attached hydrogens (primary N) is 1. The van der Waals surface area contributed by atoms with Crippen LogP contribution in [0.1, 0.15) is 18.8 Å². The molecule has 2 aromatic heterocycles. The topological polar surface area (TPSA) is 107 Å². The molecule has 0 spiro atoms. The first-order valence-electron chi connectivity index (χ1n) is 5.70. The number of alkyl halides is 3. The van der Waals surface area contributed by atoms with Crippen molar-refractivity contribution in [1.29, 1.82) is 0 Å². The van der Waals surface area contributed by atoms with Crippen LogP contribution in [-0.4, -0.2) is 37.0 Å². The summed E-state index contributed by atoms with van der Waals surface area (Å²) in [7, 11) is 0. The molecule has 2 heterocycles. The van der Waals surface area contributed by atoms with Crippen LogP contribution in [0, 0.1) is 3.57 Å². The summed E-state index contributed by atoms with van der Waals surface area (Å²) in [6, 6.07) is 3.70. The Morgan fingerprint density at radius 1 is 1.41 bits per heavy atom. The first kappa shape index (κ1) is 18.3. The van der Waals surface area contributed by atoms with Crippen LogP contribution < -0.4 is 5.73 Å². The van der Waals surface area contributed by atoms with Crippen molar-refractivity contribution in [2.45, 2.75) is 19.1 Å². The molecule has 2 aromatic rings. The van der Waals surface area contributed by atoms with Crippen LogP contribution in [0.2, 0.25) is 0 Å². The maximum Gasteiger partial charge on any atom is 0.490 e. The Morgan fingerprint density at radius 2 is 2.00 bits per heavy atom. The van der Waals surface area contributed by atoms with Gasteiger partial charge in [0.25, 0.3) is 0 Å². The van der Waals surface area contributed by atoms with Crippen molar-refractivity contribution in [1.82, 2.24) is 19.7 Å². The molecule has 0 saturated carbocycles. The predicted molar refractivity (Wildman–Crippen MR) is 78.2 cm³/mol. The number of halogens is 4. The lowest BCUT2D eigenvalue weighted by atomic mass is 10.3. The van der Waals surface area contributed by atoms with Crippen molar-refractivity contribution in [2.24, 2.45) is 5.73 Å². The van der Waals surface area contributed by atoms with Gasteiger partial charge >= 0.3 is 12.1 Å². The Morgan fingerprint density at radius 3 is 2.41 bits per heavy atom. The minimum atomic E-state index is -5.08. The molecule has 0 bridgehead atoms. The Bertz CT molecular complexity index is 627. The number of hydrogen-bond donors (Lipinski definition) is 2. The highest BCUT2D eigenvalue weighted by atomic mass is 127.